The third-order valence-electron chi connectivity index (χ3n) is 1.63. The average molecular weight is 229 g/mol. The van der Waals surface area contributed by atoms with Crippen LogP contribution in [0.1, 0.15) is 12.5 Å². The lowest BCUT2D eigenvalue weighted by Gasteiger charge is -2.06. The van der Waals surface area contributed by atoms with Gasteiger partial charge in [-0.25, -0.2) is 4.79 Å². The van der Waals surface area contributed by atoms with Crippen LogP contribution in [0.5, 0.6) is 0 Å². The number of rotatable bonds is 4. The van der Waals surface area contributed by atoms with Gasteiger partial charge >= 0.3 is 6.16 Å². The Hall–Kier alpha value is -1.22. The third-order valence-corrected chi connectivity index (χ3v) is 1.76. The number of benzene rings is 1. The van der Waals surface area contributed by atoms with E-state index >= 15 is 0 Å². The first kappa shape index (κ1) is 11.9. The molecule has 1 rings (SSSR count). The minimum absolute atomic E-state index is 0.162. The summed E-state index contributed by atoms with van der Waals surface area (Å²) >= 11 is 5.61. The number of carbonyl (C=O) groups is 1. The van der Waals surface area contributed by atoms with Crippen molar-refractivity contribution in [2.45, 2.75) is 18.9 Å². The van der Waals surface area contributed by atoms with E-state index in [-0.39, 0.29) is 18.6 Å². The van der Waals surface area contributed by atoms with Crippen LogP contribution in [0.3, 0.4) is 0 Å². The molecule has 0 spiro atoms. The molecule has 1 aromatic carbocycles. The van der Waals surface area contributed by atoms with Crippen molar-refractivity contribution in [2.24, 2.45) is 0 Å². The molecule has 0 aliphatic rings. The van der Waals surface area contributed by atoms with Crippen molar-refractivity contribution in [3.05, 3.63) is 35.9 Å². The lowest BCUT2D eigenvalue weighted by Crippen LogP contribution is -2.12. The van der Waals surface area contributed by atoms with E-state index < -0.39 is 6.16 Å². The fraction of sp³-hybridized carbons (Fsp3) is 0.364. The first-order valence-corrected chi connectivity index (χ1v) is 5.09. The van der Waals surface area contributed by atoms with E-state index in [9.17, 15) is 4.79 Å². The van der Waals surface area contributed by atoms with Gasteiger partial charge in [0.05, 0.1) is 5.38 Å². The first-order chi connectivity index (χ1) is 7.18. The second kappa shape index (κ2) is 6.30. The van der Waals surface area contributed by atoms with Crippen LogP contribution in [0.2, 0.25) is 0 Å². The molecule has 0 heterocycles. The lowest BCUT2D eigenvalue weighted by atomic mass is 10.2. The largest absolute Gasteiger partial charge is 0.508 e. The summed E-state index contributed by atoms with van der Waals surface area (Å²) in [6, 6.07) is 9.40. The second-order valence-corrected chi connectivity index (χ2v) is 3.86. The summed E-state index contributed by atoms with van der Waals surface area (Å²) in [6.07, 6.45) is -0.689. The Kier molecular flexibility index (Phi) is 4.98. The highest BCUT2D eigenvalue weighted by Crippen LogP contribution is 2.02. The maximum Gasteiger partial charge on any atom is 0.508 e. The highest BCUT2D eigenvalue weighted by atomic mass is 35.5. The molecule has 0 saturated heterocycles. The molecule has 0 radical (unpaired) electrons. The molecule has 1 unspecified atom stereocenters. The van der Waals surface area contributed by atoms with Gasteiger partial charge in [-0.15, -0.1) is 11.6 Å². The van der Waals surface area contributed by atoms with E-state index in [2.05, 4.69) is 0 Å². The van der Waals surface area contributed by atoms with Gasteiger partial charge in [0.15, 0.2) is 0 Å². The molecule has 3 nitrogen and oxygen atoms in total. The van der Waals surface area contributed by atoms with Crippen LogP contribution in [0.25, 0.3) is 0 Å². The number of halogens is 1. The fourth-order valence-corrected chi connectivity index (χ4v) is 1.00. The van der Waals surface area contributed by atoms with Gasteiger partial charge in [-0.2, -0.15) is 0 Å². The summed E-state index contributed by atoms with van der Waals surface area (Å²) in [5.41, 5.74) is 0.924. The number of ether oxygens (including phenoxy) is 2. The molecule has 0 N–H and O–H groups in total. The minimum atomic E-state index is -0.689. The Morgan fingerprint density at radius 1 is 1.33 bits per heavy atom. The normalized spacial score (nSPS) is 11.9. The Morgan fingerprint density at radius 3 is 2.60 bits per heavy atom. The van der Waals surface area contributed by atoms with Gasteiger partial charge in [-0.3, -0.25) is 0 Å². The molecule has 0 aromatic heterocycles. The Labute approximate surface area is 93.9 Å². The molecule has 15 heavy (non-hydrogen) atoms. The topological polar surface area (TPSA) is 35.5 Å². The molecule has 0 bridgehead atoms. The molecule has 4 heteroatoms. The highest BCUT2D eigenvalue weighted by molar-refractivity contribution is 6.20. The summed E-state index contributed by atoms with van der Waals surface area (Å²) in [5.74, 6) is 0. The van der Waals surface area contributed by atoms with Gasteiger partial charge < -0.3 is 9.47 Å². The summed E-state index contributed by atoms with van der Waals surface area (Å²) in [4.78, 5) is 11.0. The number of hydrogen-bond donors (Lipinski definition) is 0. The van der Waals surface area contributed by atoms with Gasteiger partial charge in [-0.1, -0.05) is 30.3 Å². The summed E-state index contributed by atoms with van der Waals surface area (Å²) in [7, 11) is 0. The molecule has 0 saturated carbocycles. The zero-order valence-corrected chi connectivity index (χ0v) is 9.24. The highest BCUT2D eigenvalue weighted by Gasteiger charge is 2.05. The van der Waals surface area contributed by atoms with Crippen molar-refractivity contribution >= 4 is 17.8 Å². The molecule has 1 aromatic rings. The first-order valence-electron chi connectivity index (χ1n) is 4.66. The van der Waals surface area contributed by atoms with Crippen molar-refractivity contribution in [2.75, 3.05) is 6.61 Å². The molecular formula is C11H13ClO3. The molecule has 0 aliphatic heterocycles. The van der Waals surface area contributed by atoms with Crippen LogP contribution >= 0.6 is 11.6 Å². The lowest BCUT2D eigenvalue weighted by molar-refractivity contribution is 0.0505. The van der Waals surface area contributed by atoms with Crippen LogP contribution in [-0.4, -0.2) is 18.1 Å². The van der Waals surface area contributed by atoms with Gasteiger partial charge in [-0.05, 0) is 12.5 Å². The van der Waals surface area contributed by atoms with Gasteiger partial charge in [0.25, 0.3) is 0 Å². The molecule has 0 amide bonds. The third kappa shape index (κ3) is 5.27. The van der Waals surface area contributed by atoms with Gasteiger partial charge in [0.1, 0.15) is 13.2 Å². The van der Waals surface area contributed by atoms with E-state index in [0.29, 0.717) is 0 Å². The molecule has 0 fully saturated rings. The maximum absolute atomic E-state index is 11.0. The SMILES string of the molecule is CC(Cl)COC(=O)OCc1ccccc1. The van der Waals surface area contributed by atoms with Crippen LogP contribution in [-0.2, 0) is 16.1 Å². The molecule has 0 aliphatic carbocycles. The van der Waals surface area contributed by atoms with E-state index in [1.807, 2.05) is 30.3 Å². The second-order valence-electron chi connectivity index (χ2n) is 3.12. The molecular weight excluding hydrogens is 216 g/mol. The average Bonchev–Trinajstić information content (AvgIpc) is 2.25. The van der Waals surface area contributed by atoms with Crippen LogP contribution in [0, 0.1) is 0 Å². The van der Waals surface area contributed by atoms with E-state index in [0.717, 1.165) is 5.56 Å². The van der Waals surface area contributed by atoms with Crippen molar-refractivity contribution in [3.8, 4) is 0 Å². The number of alkyl halides is 1. The molecule has 1 atom stereocenters. The van der Waals surface area contributed by atoms with E-state index in [4.69, 9.17) is 21.1 Å². The van der Waals surface area contributed by atoms with Crippen LogP contribution in [0.15, 0.2) is 30.3 Å². The molecule has 82 valence electrons. The fourth-order valence-electron chi connectivity index (χ4n) is 0.941. The maximum atomic E-state index is 11.0. The number of hydrogen-bond acceptors (Lipinski definition) is 3. The standard InChI is InChI=1S/C11H13ClO3/c1-9(12)7-14-11(13)15-8-10-5-3-2-4-6-10/h2-6,9H,7-8H2,1H3. The van der Waals surface area contributed by atoms with Gasteiger partial charge in [0.2, 0.25) is 0 Å². The zero-order chi connectivity index (χ0) is 11.1. The summed E-state index contributed by atoms with van der Waals surface area (Å²) < 4.78 is 9.59. The number of carbonyl (C=O) groups excluding carboxylic acids is 1. The van der Waals surface area contributed by atoms with Crippen molar-refractivity contribution in [3.63, 3.8) is 0 Å². The van der Waals surface area contributed by atoms with Crippen molar-refractivity contribution in [1.82, 2.24) is 0 Å². The smallest absolute Gasteiger partial charge is 0.433 e. The van der Waals surface area contributed by atoms with Crippen molar-refractivity contribution in [1.29, 1.82) is 0 Å². The van der Waals surface area contributed by atoms with Gasteiger partial charge in [0, 0.05) is 0 Å². The Bertz CT molecular complexity index is 298. The predicted octanol–water partition coefficient (Wildman–Crippen LogP) is 2.97. The summed E-state index contributed by atoms with van der Waals surface area (Å²) in [5, 5.41) is -0.200. The summed E-state index contributed by atoms with van der Waals surface area (Å²) in [6.45, 7) is 2.12. The van der Waals surface area contributed by atoms with Crippen LogP contribution in [0.4, 0.5) is 4.79 Å². The van der Waals surface area contributed by atoms with E-state index in [1.54, 1.807) is 6.92 Å². The Balaban J connectivity index is 2.23. The van der Waals surface area contributed by atoms with Crippen molar-refractivity contribution < 1.29 is 14.3 Å². The quantitative estimate of drug-likeness (QED) is 0.587. The predicted molar refractivity (Wildman–Crippen MR) is 57.9 cm³/mol. The van der Waals surface area contributed by atoms with Crippen LogP contribution < -0.4 is 0 Å². The van der Waals surface area contributed by atoms with E-state index in [1.165, 1.54) is 0 Å². The monoisotopic (exact) mass is 228 g/mol. The zero-order valence-electron chi connectivity index (χ0n) is 8.48. The minimum Gasteiger partial charge on any atom is -0.433 e. The Morgan fingerprint density at radius 2 is 2.00 bits per heavy atom.